The van der Waals surface area contributed by atoms with Crippen molar-refractivity contribution in [2.24, 2.45) is 11.8 Å². The molecule has 7 aromatic rings. The zero-order chi connectivity index (χ0) is 33.9. The Bertz CT molecular complexity index is 2680. The van der Waals surface area contributed by atoms with Crippen molar-refractivity contribution in [1.82, 2.24) is 9.13 Å². The maximum atomic E-state index is 2.62. The number of fused-ring (bicyclic) bond motifs is 6. The summed E-state index contributed by atoms with van der Waals surface area (Å²) in [6.07, 6.45) is 24.1. The van der Waals surface area contributed by atoms with Crippen molar-refractivity contribution < 1.29 is 0 Å². The van der Waals surface area contributed by atoms with Crippen molar-refractivity contribution in [3.05, 3.63) is 181 Å². The number of para-hydroxylation sites is 2. The van der Waals surface area contributed by atoms with Gasteiger partial charge in [-0.2, -0.15) is 0 Å². The second kappa shape index (κ2) is 12.2. The Hall–Kier alpha value is -5.86. The quantitative estimate of drug-likeness (QED) is 0.174. The molecule has 2 heteroatoms. The Kier molecular flexibility index (Phi) is 7.16. The summed E-state index contributed by atoms with van der Waals surface area (Å²) in [6.45, 7) is 2.33. The van der Waals surface area contributed by atoms with E-state index in [1.807, 2.05) is 0 Å². The van der Waals surface area contributed by atoms with Crippen molar-refractivity contribution >= 4 is 54.9 Å². The monoisotopic (exact) mass is 656 g/mol. The fraction of sp³-hybridized carbons (Fsp3) is 0.143. The Morgan fingerprint density at radius 2 is 1.25 bits per heavy atom. The lowest BCUT2D eigenvalue weighted by Crippen LogP contribution is -2.21. The van der Waals surface area contributed by atoms with Crippen LogP contribution in [0.3, 0.4) is 0 Å². The van der Waals surface area contributed by atoms with Gasteiger partial charge in [0.25, 0.3) is 0 Å². The summed E-state index contributed by atoms with van der Waals surface area (Å²) in [6, 6.07) is 43.0. The number of nitrogens with zero attached hydrogens (tertiary/aromatic N) is 2. The highest BCUT2D eigenvalue weighted by Crippen LogP contribution is 2.47. The number of rotatable bonds is 5. The first kappa shape index (κ1) is 30.0. The molecule has 2 nitrogen and oxygen atoms in total. The Morgan fingerprint density at radius 3 is 2.06 bits per heavy atom. The zero-order valence-electron chi connectivity index (χ0n) is 28.9. The molecule has 2 aromatic heterocycles. The molecule has 246 valence electrons. The predicted octanol–water partition coefficient (Wildman–Crippen LogP) is 13.1. The average molecular weight is 657 g/mol. The number of allylic oxidation sites excluding steroid dienone is 12. The summed E-state index contributed by atoms with van der Waals surface area (Å²) in [5, 5.41) is 5.23. The third-order valence-corrected chi connectivity index (χ3v) is 11.4. The van der Waals surface area contributed by atoms with Crippen LogP contribution in [0.15, 0.2) is 176 Å². The fourth-order valence-corrected chi connectivity index (χ4v) is 9.20. The first-order valence-electron chi connectivity index (χ1n) is 18.5. The molecule has 10 rings (SSSR count). The highest BCUT2D eigenvalue weighted by atomic mass is 15.0. The minimum Gasteiger partial charge on any atom is -0.332 e. The molecule has 3 atom stereocenters. The molecule has 0 spiro atoms. The van der Waals surface area contributed by atoms with Crippen molar-refractivity contribution in [3.63, 3.8) is 0 Å². The third kappa shape index (κ3) is 4.77. The van der Waals surface area contributed by atoms with E-state index in [1.54, 1.807) is 0 Å². The van der Waals surface area contributed by atoms with Gasteiger partial charge in [-0.15, -0.1) is 0 Å². The van der Waals surface area contributed by atoms with E-state index in [9.17, 15) is 0 Å². The molecule has 51 heavy (non-hydrogen) atoms. The molecule has 3 aliphatic rings. The van der Waals surface area contributed by atoms with Crippen LogP contribution in [0.2, 0.25) is 0 Å². The van der Waals surface area contributed by atoms with Gasteiger partial charge in [-0.05, 0) is 77.8 Å². The average Bonchev–Trinajstić information content (AvgIpc) is 3.71. The van der Waals surface area contributed by atoms with Crippen LogP contribution in [-0.4, -0.2) is 9.13 Å². The lowest BCUT2D eigenvalue weighted by Gasteiger charge is -2.31. The van der Waals surface area contributed by atoms with Crippen LogP contribution in [0.5, 0.6) is 0 Å². The van der Waals surface area contributed by atoms with Crippen molar-refractivity contribution in [1.29, 1.82) is 0 Å². The van der Waals surface area contributed by atoms with Crippen molar-refractivity contribution in [2.75, 3.05) is 0 Å². The van der Waals surface area contributed by atoms with Crippen LogP contribution >= 0.6 is 0 Å². The summed E-state index contributed by atoms with van der Waals surface area (Å²) >= 11 is 0. The van der Waals surface area contributed by atoms with Gasteiger partial charge in [0.05, 0.1) is 22.6 Å². The summed E-state index contributed by atoms with van der Waals surface area (Å²) in [5.74, 6) is 0.864. The molecule has 0 fully saturated rings. The molecule has 0 amide bonds. The van der Waals surface area contributed by atoms with Gasteiger partial charge in [-0.1, -0.05) is 152 Å². The standard InChI is InChI=1S/C49H40N2/c1-33-16-13-19-35(32-33)37-21-6-10-27-43(37)51-45-29-12-8-23-41(45)49-39(25-15-31-47(49)51)38-24-14-30-46-48(38)40-22-7-11-28-44(40)50(46)42-26-9-5-20-36(42)34-17-3-2-4-18-34/h2-4,6-19,21-31,33,37,43H,5,20,32H2,1H3/t33-,37?,43?/m0/s1. The summed E-state index contributed by atoms with van der Waals surface area (Å²) in [4.78, 5) is 0. The second-order valence-electron chi connectivity index (χ2n) is 14.4. The van der Waals surface area contributed by atoms with E-state index in [2.05, 4.69) is 186 Å². The van der Waals surface area contributed by atoms with E-state index < -0.39 is 0 Å². The van der Waals surface area contributed by atoms with Gasteiger partial charge in [0.1, 0.15) is 0 Å². The third-order valence-electron chi connectivity index (χ3n) is 11.4. The van der Waals surface area contributed by atoms with E-state index in [4.69, 9.17) is 0 Å². The highest BCUT2D eigenvalue weighted by molar-refractivity contribution is 6.22. The number of aromatic nitrogens is 2. The van der Waals surface area contributed by atoms with Gasteiger partial charge in [0.2, 0.25) is 0 Å². The van der Waals surface area contributed by atoms with Crippen LogP contribution in [0.4, 0.5) is 0 Å². The van der Waals surface area contributed by atoms with Crippen LogP contribution in [-0.2, 0) is 0 Å². The molecule has 0 saturated carbocycles. The van der Waals surface area contributed by atoms with Crippen LogP contribution in [0.1, 0.15) is 37.8 Å². The smallest absolute Gasteiger partial charge is 0.0625 e. The van der Waals surface area contributed by atoms with Crippen LogP contribution in [0, 0.1) is 11.8 Å². The first-order valence-corrected chi connectivity index (χ1v) is 18.5. The summed E-state index contributed by atoms with van der Waals surface area (Å²) in [5.41, 5.74) is 13.1. The normalized spacial score (nSPS) is 20.3. The maximum absolute atomic E-state index is 2.62. The first-order chi connectivity index (χ1) is 25.3. The number of hydrogen-bond donors (Lipinski definition) is 0. The highest BCUT2D eigenvalue weighted by Gasteiger charge is 2.29. The van der Waals surface area contributed by atoms with Gasteiger partial charge in [0, 0.05) is 38.7 Å². The Balaban J connectivity index is 1.24. The van der Waals surface area contributed by atoms with Gasteiger partial charge in [-0.3, -0.25) is 0 Å². The number of hydrogen-bond acceptors (Lipinski definition) is 0. The van der Waals surface area contributed by atoms with Crippen LogP contribution in [0.25, 0.3) is 66.0 Å². The predicted molar refractivity (Wildman–Crippen MR) is 218 cm³/mol. The van der Waals surface area contributed by atoms with E-state index >= 15 is 0 Å². The molecule has 0 bridgehead atoms. The topological polar surface area (TPSA) is 9.86 Å². The molecule has 0 N–H and O–H groups in total. The fourth-order valence-electron chi connectivity index (χ4n) is 9.20. The number of benzene rings is 5. The molecule has 5 aromatic carbocycles. The van der Waals surface area contributed by atoms with Crippen LogP contribution < -0.4 is 0 Å². The maximum Gasteiger partial charge on any atom is 0.0625 e. The van der Waals surface area contributed by atoms with Gasteiger partial charge < -0.3 is 9.13 Å². The van der Waals surface area contributed by atoms with E-state index in [-0.39, 0.29) is 6.04 Å². The summed E-state index contributed by atoms with van der Waals surface area (Å²) < 4.78 is 5.14. The molecule has 0 saturated heterocycles. The van der Waals surface area contributed by atoms with E-state index in [0.717, 1.165) is 19.3 Å². The Labute approximate surface area is 299 Å². The molecular weight excluding hydrogens is 617 g/mol. The second-order valence-corrected chi connectivity index (χ2v) is 14.4. The molecular formula is C49H40N2. The molecule has 3 aliphatic carbocycles. The minimum absolute atomic E-state index is 0.191. The lowest BCUT2D eigenvalue weighted by molar-refractivity contribution is 0.499. The van der Waals surface area contributed by atoms with E-state index in [1.165, 1.54) is 77.1 Å². The van der Waals surface area contributed by atoms with Gasteiger partial charge in [-0.25, -0.2) is 0 Å². The molecule has 2 unspecified atom stereocenters. The van der Waals surface area contributed by atoms with Gasteiger partial charge >= 0.3 is 0 Å². The minimum atomic E-state index is 0.191. The Morgan fingerprint density at radius 1 is 0.588 bits per heavy atom. The summed E-state index contributed by atoms with van der Waals surface area (Å²) in [7, 11) is 0. The largest absolute Gasteiger partial charge is 0.332 e. The molecule has 2 heterocycles. The van der Waals surface area contributed by atoms with Crippen molar-refractivity contribution in [3.8, 4) is 11.1 Å². The molecule has 0 radical (unpaired) electrons. The SMILES string of the molecule is C[C@H]1C=CC=C(C2C=CC=CC2n2c3ccccc3c3c(-c4cccc5c4c4ccccc4n5C4=C(c5ccccc5)CCC=C4)cccc32)C1. The van der Waals surface area contributed by atoms with E-state index in [0.29, 0.717) is 11.8 Å². The lowest BCUT2D eigenvalue weighted by atomic mass is 9.81. The van der Waals surface area contributed by atoms with Crippen molar-refractivity contribution in [2.45, 2.75) is 32.2 Å². The zero-order valence-corrected chi connectivity index (χ0v) is 28.9. The molecule has 0 aliphatic heterocycles. The van der Waals surface area contributed by atoms with Gasteiger partial charge in [0.15, 0.2) is 0 Å².